The fourth-order valence-corrected chi connectivity index (χ4v) is 4.33. The van der Waals surface area contributed by atoms with Crippen LogP contribution in [0.15, 0.2) is 61.1 Å². The van der Waals surface area contributed by atoms with E-state index in [1.807, 2.05) is 23.8 Å². The summed E-state index contributed by atoms with van der Waals surface area (Å²) in [6.45, 7) is 1.98. The van der Waals surface area contributed by atoms with Gasteiger partial charge in [-0.2, -0.15) is 0 Å². The third kappa shape index (κ3) is 3.77. The molecular formula is C25H26N5O+. The number of aromatic amines is 1. The molecule has 156 valence electrons. The van der Waals surface area contributed by atoms with Crippen molar-refractivity contribution in [2.45, 2.75) is 32.2 Å². The number of ether oxygens (including phenoxy) is 1. The number of aryl methyl sites for hydroxylation is 2. The van der Waals surface area contributed by atoms with Gasteiger partial charge in [0, 0.05) is 23.8 Å². The second-order valence-corrected chi connectivity index (χ2v) is 7.90. The van der Waals surface area contributed by atoms with Crippen molar-refractivity contribution in [3.8, 4) is 11.4 Å². The van der Waals surface area contributed by atoms with E-state index in [2.05, 4.69) is 74.4 Å². The number of imidazole rings is 1. The Bertz CT molecular complexity index is 1220. The van der Waals surface area contributed by atoms with Crippen molar-refractivity contribution in [2.24, 2.45) is 0 Å². The number of methoxy groups -OCH3 is 1. The van der Waals surface area contributed by atoms with E-state index in [1.54, 1.807) is 13.4 Å². The molecule has 5 rings (SSSR count). The molecular weight excluding hydrogens is 386 g/mol. The second-order valence-electron chi connectivity index (χ2n) is 7.90. The van der Waals surface area contributed by atoms with Gasteiger partial charge in [-0.05, 0) is 49.1 Å². The minimum atomic E-state index is 0.310. The average Bonchev–Trinajstić information content (AvgIpc) is 3.44. The van der Waals surface area contributed by atoms with Crippen molar-refractivity contribution < 1.29 is 9.30 Å². The monoisotopic (exact) mass is 412 g/mol. The van der Waals surface area contributed by atoms with E-state index in [0.717, 1.165) is 47.8 Å². The highest BCUT2D eigenvalue weighted by molar-refractivity contribution is 5.68. The molecule has 6 nitrogen and oxygen atoms in total. The van der Waals surface area contributed by atoms with E-state index in [4.69, 9.17) is 4.74 Å². The number of rotatable bonds is 5. The van der Waals surface area contributed by atoms with Crippen LogP contribution in [0.1, 0.15) is 47.4 Å². The number of fused-ring (bicyclic) bond motifs is 1. The molecule has 0 fully saturated rings. The third-order valence-corrected chi connectivity index (χ3v) is 5.84. The standard InChI is InChI=1S/C25H25N5O/c1-18-16-29(17-26-18)22-13-11-19(15-23(22)31-2)12-14-25-28-27-24-10-6-9-21(30(24)25)20-7-4-3-5-8-20/h3-5,7-8,11-17,21H,6,9-10H2,1-2H3/p+1/b14-12+/t21-/m1/s1. The van der Waals surface area contributed by atoms with E-state index >= 15 is 0 Å². The summed E-state index contributed by atoms with van der Waals surface area (Å²) in [5.74, 6) is 2.93. The first-order chi connectivity index (χ1) is 15.2. The maximum Gasteiger partial charge on any atom is 0.302 e. The van der Waals surface area contributed by atoms with E-state index in [-0.39, 0.29) is 0 Å². The summed E-state index contributed by atoms with van der Waals surface area (Å²) in [5.41, 5.74) is 4.32. The minimum absolute atomic E-state index is 0.310. The highest BCUT2D eigenvalue weighted by Gasteiger charge is 2.30. The number of benzene rings is 2. The largest absolute Gasteiger partial charge is 0.495 e. The van der Waals surface area contributed by atoms with Crippen molar-refractivity contribution >= 4 is 12.2 Å². The highest BCUT2D eigenvalue weighted by Crippen LogP contribution is 2.27. The Balaban J connectivity index is 1.46. The van der Waals surface area contributed by atoms with Crippen molar-refractivity contribution in [3.05, 3.63) is 89.5 Å². The van der Waals surface area contributed by atoms with Crippen LogP contribution in [0.2, 0.25) is 0 Å². The van der Waals surface area contributed by atoms with Gasteiger partial charge in [-0.25, -0.2) is 9.55 Å². The maximum atomic E-state index is 5.64. The maximum absolute atomic E-state index is 5.64. The fourth-order valence-electron chi connectivity index (χ4n) is 4.33. The smallest absolute Gasteiger partial charge is 0.302 e. The Labute approximate surface area is 181 Å². The van der Waals surface area contributed by atoms with Crippen molar-refractivity contribution in [1.82, 2.24) is 19.7 Å². The zero-order valence-corrected chi connectivity index (χ0v) is 17.8. The molecule has 0 aliphatic carbocycles. The Kier molecular flexibility index (Phi) is 5.12. The van der Waals surface area contributed by atoms with Gasteiger partial charge in [-0.1, -0.05) is 36.4 Å². The summed E-state index contributed by atoms with van der Waals surface area (Å²) in [6.07, 6.45) is 11.3. The van der Waals surface area contributed by atoms with Crippen LogP contribution in [0.5, 0.6) is 5.75 Å². The van der Waals surface area contributed by atoms with Crippen LogP contribution in [0.3, 0.4) is 0 Å². The lowest BCUT2D eigenvalue weighted by molar-refractivity contribution is -0.727. The van der Waals surface area contributed by atoms with Crippen LogP contribution in [0.25, 0.3) is 17.8 Å². The summed E-state index contributed by atoms with van der Waals surface area (Å²) in [5, 5.41) is 7.85. The molecule has 0 bridgehead atoms. The van der Waals surface area contributed by atoms with Gasteiger partial charge in [0.1, 0.15) is 11.8 Å². The Hall–Kier alpha value is -3.67. The van der Waals surface area contributed by atoms with Gasteiger partial charge in [-0.15, -0.1) is 5.10 Å². The molecule has 2 aromatic carbocycles. The van der Waals surface area contributed by atoms with E-state index < -0.39 is 0 Å². The quantitative estimate of drug-likeness (QED) is 0.497. The van der Waals surface area contributed by atoms with Crippen LogP contribution >= 0.6 is 0 Å². The third-order valence-electron chi connectivity index (χ3n) is 5.84. The first-order valence-corrected chi connectivity index (χ1v) is 10.6. The topological polar surface area (TPSA) is 59.6 Å². The molecule has 2 aromatic heterocycles. The number of nitrogens with one attached hydrogen (secondary N) is 1. The van der Waals surface area contributed by atoms with Crippen molar-refractivity contribution in [3.63, 3.8) is 0 Å². The highest BCUT2D eigenvalue weighted by atomic mass is 16.5. The first kappa shape index (κ1) is 19.3. The molecule has 0 unspecified atom stereocenters. The molecule has 31 heavy (non-hydrogen) atoms. The summed E-state index contributed by atoms with van der Waals surface area (Å²) >= 11 is 0. The molecule has 1 N–H and O–H groups in total. The first-order valence-electron chi connectivity index (χ1n) is 10.6. The average molecular weight is 413 g/mol. The number of hydrogen-bond acceptors (Lipinski definition) is 3. The van der Waals surface area contributed by atoms with Crippen molar-refractivity contribution in [2.75, 3.05) is 7.11 Å². The molecule has 1 atom stereocenters. The normalized spacial score (nSPS) is 15.9. The molecule has 6 heteroatoms. The molecule has 0 spiro atoms. The Morgan fingerprint density at radius 2 is 2.03 bits per heavy atom. The SMILES string of the molecule is COc1cc(/C=C/c2n[nH]c3[n+]2[C@@H](c2ccccc2)CCC3)ccc1-n1cnc(C)c1. The van der Waals surface area contributed by atoms with E-state index in [1.165, 1.54) is 11.4 Å². The lowest BCUT2D eigenvalue weighted by Gasteiger charge is -2.21. The van der Waals surface area contributed by atoms with Crippen LogP contribution in [-0.4, -0.2) is 26.9 Å². The molecule has 0 saturated heterocycles. The second kappa shape index (κ2) is 8.22. The molecule has 0 saturated carbocycles. The van der Waals surface area contributed by atoms with E-state index in [9.17, 15) is 0 Å². The van der Waals surface area contributed by atoms with Crippen LogP contribution in [-0.2, 0) is 6.42 Å². The van der Waals surface area contributed by atoms with Crippen molar-refractivity contribution in [1.29, 1.82) is 0 Å². The lowest BCUT2D eigenvalue weighted by Crippen LogP contribution is -2.47. The predicted molar refractivity (Wildman–Crippen MR) is 120 cm³/mol. The zero-order chi connectivity index (χ0) is 21.2. The van der Waals surface area contributed by atoms with Gasteiger partial charge in [0.05, 0.1) is 24.8 Å². The molecule has 1 aliphatic rings. The molecule has 1 aliphatic heterocycles. The lowest BCUT2D eigenvalue weighted by atomic mass is 9.97. The Morgan fingerprint density at radius 1 is 1.16 bits per heavy atom. The van der Waals surface area contributed by atoms with Gasteiger partial charge in [0.15, 0.2) is 0 Å². The Morgan fingerprint density at radius 3 is 2.81 bits per heavy atom. The van der Waals surface area contributed by atoms with Gasteiger partial charge >= 0.3 is 5.82 Å². The van der Waals surface area contributed by atoms with Crippen LogP contribution in [0.4, 0.5) is 0 Å². The molecule has 0 amide bonds. The van der Waals surface area contributed by atoms with Crippen LogP contribution in [0, 0.1) is 6.92 Å². The van der Waals surface area contributed by atoms with Gasteiger partial charge in [-0.3, -0.25) is 0 Å². The summed E-state index contributed by atoms with van der Waals surface area (Å²) in [4.78, 5) is 4.31. The molecule has 3 heterocycles. The molecule has 0 radical (unpaired) electrons. The summed E-state index contributed by atoms with van der Waals surface area (Å²) in [6, 6.07) is 17.2. The fraction of sp³-hybridized carbons (Fsp3) is 0.240. The zero-order valence-electron chi connectivity index (χ0n) is 17.8. The number of aromatic nitrogens is 5. The number of hydrogen-bond donors (Lipinski definition) is 1. The predicted octanol–water partition coefficient (Wildman–Crippen LogP) is 4.30. The number of H-pyrrole nitrogens is 1. The van der Waals surface area contributed by atoms with Gasteiger partial charge < -0.3 is 9.30 Å². The number of nitrogens with zero attached hydrogens (tertiary/aromatic N) is 4. The summed E-state index contributed by atoms with van der Waals surface area (Å²) in [7, 11) is 1.69. The minimum Gasteiger partial charge on any atom is -0.495 e. The summed E-state index contributed by atoms with van der Waals surface area (Å²) < 4.78 is 9.96. The van der Waals surface area contributed by atoms with Gasteiger partial charge in [0.2, 0.25) is 5.82 Å². The van der Waals surface area contributed by atoms with Gasteiger partial charge in [0.25, 0.3) is 0 Å². The molecule has 4 aromatic rings. The van der Waals surface area contributed by atoms with E-state index in [0.29, 0.717) is 6.04 Å². The van der Waals surface area contributed by atoms with Crippen LogP contribution < -0.4 is 9.30 Å².